The zero-order valence-electron chi connectivity index (χ0n) is 9.65. The van der Waals surface area contributed by atoms with Crippen molar-refractivity contribution >= 4 is 11.8 Å². The van der Waals surface area contributed by atoms with E-state index in [0.29, 0.717) is 0 Å². The molecule has 3 nitrogen and oxygen atoms in total. The number of aryl methyl sites for hydroxylation is 1. The topological polar surface area (TPSA) is 43.8 Å². The van der Waals surface area contributed by atoms with Gasteiger partial charge in [-0.05, 0) is 24.9 Å². The fraction of sp³-hybridized carbons (Fsp3) is 0.727. The molecule has 1 heterocycles. The van der Waals surface area contributed by atoms with Gasteiger partial charge in [0.05, 0.1) is 0 Å². The molecule has 4 heteroatoms. The van der Waals surface area contributed by atoms with Crippen LogP contribution in [0, 0.1) is 0 Å². The Balaban J connectivity index is 2.36. The lowest BCUT2D eigenvalue weighted by atomic mass is 10.2. The highest BCUT2D eigenvalue weighted by atomic mass is 32.2. The first-order valence-corrected chi connectivity index (χ1v) is 6.72. The minimum atomic E-state index is 0.191. The molecule has 2 N–H and O–H groups in total. The van der Waals surface area contributed by atoms with E-state index in [9.17, 15) is 0 Å². The van der Waals surface area contributed by atoms with E-state index < -0.39 is 0 Å². The van der Waals surface area contributed by atoms with Crippen molar-refractivity contribution in [2.24, 2.45) is 5.73 Å². The molecule has 15 heavy (non-hydrogen) atoms. The number of nitrogens with zero attached hydrogens (tertiary/aromatic N) is 2. The van der Waals surface area contributed by atoms with Gasteiger partial charge in [-0.25, -0.2) is 4.98 Å². The normalized spacial score (nSPS) is 13.0. The Morgan fingerprint density at radius 1 is 1.60 bits per heavy atom. The molecule has 1 aromatic rings. The van der Waals surface area contributed by atoms with Crippen molar-refractivity contribution in [3.63, 3.8) is 0 Å². The summed E-state index contributed by atoms with van der Waals surface area (Å²) >= 11 is 1.99. The Labute approximate surface area is 96.5 Å². The molecule has 0 radical (unpaired) electrons. The molecule has 86 valence electrons. The van der Waals surface area contributed by atoms with Crippen LogP contribution in [0.3, 0.4) is 0 Å². The van der Waals surface area contributed by atoms with E-state index in [-0.39, 0.29) is 6.04 Å². The molecule has 0 aromatic carbocycles. The molecule has 1 aromatic heterocycles. The standard InChI is InChI=1S/C11H21N3S/c1-3-15-8-4-6-14-7-5-13-11(14)9-10(2)12/h5,7,10H,3-4,6,8-9,12H2,1-2H3. The Kier molecular flexibility index (Phi) is 5.79. The van der Waals surface area contributed by atoms with Crippen LogP contribution in [0.15, 0.2) is 12.4 Å². The van der Waals surface area contributed by atoms with Crippen LogP contribution in [0.2, 0.25) is 0 Å². The maximum absolute atomic E-state index is 5.77. The second-order valence-corrected chi connectivity index (χ2v) is 5.16. The second kappa shape index (κ2) is 6.90. The van der Waals surface area contributed by atoms with Crippen molar-refractivity contribution in [2.45, 2.75) is 39.3 Å². The first-order chi connectivity index (χ1) is 7.24. The summed E-state index contributed by atoms with van der Waals surface area (Å²) in [5.74, 6) is 3.55. The van der Waals surface area contributed by atoms with Crippen LogP contribution < -0.4 is 5.73 Å². The molecule has 0 aliphatic heterocycles. The molecular formula is C11H21N3S. The summed E-state index contributed by atoms with van der Waals surface area (Å²) in [6, 6.07) is 0.191. The summed E-state index contributed by atoms with van der Waals surface area (Å²) in [5, 5.41) is 0. The number of nitrogens with two attached hydrogens (primary N) is 1. The second-order valence-electron chi connectivity index (χ2n) is 3.77. The summed E-state index contributed by atoms with van der Waals surface area (Å²) in [5.41, 5.74) is 5.77. The molecule has 0 saturated carbocycles. The lowest BCUT2D eigenvalue weighted by Gasteiger charge is -2.09. The number of imidazole rings is 1. The average Bonchev–Trinajstić information content (AvgIpc) is 2.59. The van der Waals surface area contributed by atoms with E-state index >= 15 is 0 Å². The summed E-state index contributed by atoms with van der Waals surface area (Å²) in [4.78, 5) is 4.33. The van der Waals surface area contributed by atoms with Crippen molar-refractivity contribution in [3.05, 3.63) is 18.2 Å². The molecule has 0 bridgehead atoms. The number of hydrogen-bond acceptors (Lipinski definition) is 3. The van der Waals surface area contributed by atoms with Crippen LogP contribution >= 0.6 is 11.8 Å². The molecular weight excluding hydrogens is 206 g/mol. The van der Waals surface area contributed by atoms with Gasteiger partial charge in [-0.2, -0.15) is 11.8 Å². The third-order valence-corrected chi connectivity index (χ3v) is 3.18. The molecule has 0 saturated heterocycles. The van der Waals surface area contributed by atoms with Gasteiger partial charge in [0.1, 0.15) is 5.82 Å². The van der Waals surface area contributed by atoms with Crippen LogP contribution in [0.1, 0.15) is 26.1 Å². The minimum Gasteiger partial charge on any atom is -0.335 e. The number of rotatable bonds is 7. The summed E-state index contributed by atoms with van der Waals surface area (Å²) in [7, 11) is 0. The zero-order chi connectivity index (χ0) is 11.1. The summed E-state index contributed by atoms with van der Waals surface area (Å²) in [6.07, 6.45) is 5.99. The van der Waals surface area contributed by atoms with Gasteiger partial charge in [-0.3, -0.25) is 0 Å². The third kappa shape index (κ3) is 4.71. The summed E-state index contributed by atoms with van der Waals surface area (Å²) in [6.45, 7) is 5.28. The molecule has 1 atom stereocenters. The molecule has 0 amide bonds. The quantitative estimate of drug-likeness (QED) is 0.724. The number of aromatic nitrogens is 2. The van der Waals surface area contributed by atoms with E-state index in [1.807, 2.05) is 31.1 Å². The van der Waals surface area contributed by atoms with E-state index in [2.05, 4.69) is 16.5 Å². The van der Waals surface area contributed by atoms with Gasteiger partial charge in [-0.15, -0.1) is 0 Å². The molecule has 0 fully saturated rings. The molecule has 0 aliphatic rings. The van der Waals surface area contributed by atoms with Crippen LogP contribution in [-0.4, -0.2) is 27.1 Å². The largest absolute Gasteiger partial charge is 0.335 e. The average molecular weight is 227 g/mol. The van der Waals surface area contributed by atoms with Crippen LogP contribution in [0.5, 0.6) is 0 Å². The van der Waals surface area contributed by atoms with Gasteiger partial charge in [0, 0.05) is 31.4 Å². The highest BCUT2D eigenvalue weighted by Gasteiger charge is 2.04. The fourth-order valence-electron chi connectivity index (χ4n) is 1.50. The van der Waals surface area contributed by atoms with Crippen molar-refractivity contribution in [1.29, 1.82) is 0 Å². The van der Waals surface area contributed by atoms with Crippen LogP contribution in [-0.2, 0) is 13.0 Å². The van der Waals surface area contributed by atoms with E-state index in [4.69, 9.17) is 5.73 Å². The Bertz CT molecular complexity index is 271. The van der Waals surface area contributed by atoms with Crippen molar-refractivity contribution < 1.29 is 0 Å². The van der Waals surface area contributed by atoms with Gasteiger partial charge in [0.15, 0.2) is 0 Å². The lowest BCUT2D eigenvalue weighted by molar-refractivity contribution is 0.607. The van der Waals surface area contributed by atoms with Crippen molar-refractivity contribution in [2.75, 3.05) is 11.5 Å². The first kappa shape index (κ1) is 12.6. The monoisotopic (exact) mass is 227 g/mol. The van der Waals surface area contributed by atoms with E-state index in [1.165, 1.54) is 17.9 Å². The predicted molar refractivity (Wildman–Crippen MR) is 67.2 cm³/mol. The number of hydrogen-bond donors (Lipinski definition) is 1. The van der Waals surface area contributed by atoms with Crippen LogP contribution in [0.4, 0.5) is 0 Å². The highest BCUT2D eigenvalue weighted by Crippen LogP contribution is 2.06. The first-order valence-electron chi connectivity index (χ1n) is 5.57. The molecule has 0 spiro atoms. The highest BCUT2D eigenvalue weighted by molar-refractivity contribution is 7.99. The van der Waals surface area contributed by atoms with Crippen molar-refractivity contribution in [1.82, 2.24) is 9.55 Å². The van der Waals surface area contributed by atoms with Gasteiger partial charge >= 0.3 is 0 Å². The van der Waals surface area contributed by atoms with E-state index in [0.717, 1.165) is 18.8 Å². The lowest BCUT2D eigenvalue weighted by Crippen LogP contribution is -2.20. The minimum absolute atomic E-state index is 0.191. The van der Waals surface area contributed by atoms with E-state index in [1.54, 1.807) is 0 Å². The zero-order valence-corrected chi connectivity index (χ0v) is 10.5. The Morgan fingerprint density at radius 2 is 2.40 bits per heavy atom. The molecule has 1 unspecified atom stereocenters. The summed E-state index contributed by atoms with van der Waals surface area (Å²) < 4.78 is 2.22. The van der Waals surface area contributed by atoms with Crippen LogP contribution in [0.25, 0.3) is 0 Å². The van der Waals surface area contributed by atoms with Crippen molar-refractivity contribution in [3.8, 4) is 0 Å². The van der Waals surface area contributed by atoms with Gasteiger partial charge < -0.3 is 10.3 Å². The Hall–Kier alpha value is -0.480. The Morgan fingerprint density at radius 3 is 3.07 bits per heavy atom. The fourth-order valence-corrected chi connectivity index (χ4v) is 2.12. The molecule has 0 aliphatic carbocycles. The number of thioether (sulfide) groups is 1. The molecule has 1 rings (SSSR count). The smallest absolute Gasteiger partial charge is 0.110 e. The maximum Gasteiger partial charge on any atom is 0.110 e. The maximum atomic E-state index is 5.77. The van der Waals surface area contributed by atoms with Gasteiger partial charge in [0.25, 0.3) is 0 Å². The third-order valence-electron chi connectivity index (χ3n) is 2.20. The van der Waals surface area contributed by atoms with Gasteiger partial charge in [-0.1, -0.05) is 6.92 Å². The SMILES string of the molecule is CCSCCCn1ccnc1CC(C)N. The predicted octanol–water partition coefficient (Wildman–Crippen LogP) is 1.92. The van der Waals surface area contributed by atoms with Gasteiger partial charge in [0.2, 0.25) is 0 Å².